The summed E-state index contributed by atoms with van der Waals surface area (Å²) in [5, 5.41) is 2.81. The topological polar surface area (TPSA) is 84.9 Å². The standard InChI is InChI=1S/C7H17NO5S/c1-12-5-6-13-4-2-8-3-7-14(9,10)11/h8H,2-7H2,1H3,(H,9,10,11). The summed E-state index contributed by atoms with van der Waals surface area (Å²) in [5.41, 5.74) is 0. The lowest BCUT2D eigenvalue weighted by Gasteiger charge is -2.04. The molecule has 0 heterocycles. The van der Waals surface area contributed by atoms with Crippen molar-refractivity contribution in [3.8, 4) is 0 Å². The number of rotatable bonds is 9. The zero-order chi connectivity index (χ0) is 10.9. The Labute approximate surface area is 84.3 Å². The van der Waals surface area contributed by atoms with Crippen LogP contribution in [0.4, 0.5) is 0 Å². The zero-order valence-corrected chi connectivity index (χ0v) is 9.05. The maximum absolute atomic E-state index is 10.3. The second-order valence-corrected chi connectivity index (χ2v) is 4.21. The molecule has 0 atom stereocenters. The van der Waals surface area contributed by atoms with Crippen LogP contribution in [0.5, 0.6) is 0 Å². The number of ether oxygens (including phenoxy) is 2. The molecule has 0 radical (unpaired) electrons. The minimum atomic E-state index is -3.85. The molecule has 6 nitrogen and oxygen atoms in total. The third kappa shape index (κ3) is 11.8. The van der Waals surface area contributed by atoms with Crippen LogP contribution in [-0.2, 0) is 19.6 Å². The van der Waals surface area contributed by atoms with E-state index in [-0.39, 0.29) is 12.3 Å². The van der Waals surface area contributed by atoms with Crippen LogP contribution in [0.2, 0.25) is 0 Å². The molecule has 0 saturated heterocycles. The maximum Gasteiger partial charge on any atom is 0.266 e. The highest BCUT2D eigenvalue weighted by Gasteiger charge is 2.01. The van der Waals surface area contributed by atoms with Gasteiger partial charge in [0.2, 0.25) is 0 Å². The summed E-state index contributed by atoms with van der Waals surface area (Å²) in [5.74, 6) is -0.273. The van der Waals surface area contributed by atoms with Gasteiger partial charge in [-0.05, 0) is 0 Å². The minimum absolute atomic E-state index is 0.229. The molecule has 0 fully saturated rings. The van der Waals surface area contributed by atoms with Crippen LogP contribution >= 0.6 is 0 Å². The third-order valence-corrected chi connectivity index (χ3v) is 2.11. The predicted molar refractivity (Wildman–Crippen MR) is 52.0 cm³/mol. The van der Waals surface area contributed by atoms with Gasteiger partial charge in [-0.1, -0.05) is 0 Å². The maximum atomic E-state index is 10.3. The van der Waals surface area contributed by atoms with Gasteiger partial charge in [0.1, 0.15) is 0 Å². The van der Waals surface area contributed by atoms with E-state index in [2.05, 4.69) is 5.32 Å². The van der Waals surface area contributed by atoms with E-state index < -0.39 is 10.1 Å². The van der Waals surface area contributed by atoms with Gasteiger partial charge in [-0.3, -0.25) is 4.55 Å². The van der Waals surface area contributed by atoms with Gasteiger partial charge < -0.3 is 14.8 Å². The highest BCUT2D eigenvalue weighted by atomic mass is 32.2. The molecular formula is C7H17NO5S. The summed E-state index contributed by atoms with van der Waals surface area (Å²) in [4.78, 5) is 0. The molecular weight excluding hydrogens is 210 g/mol. The van der Waals surface area contributed by atoms with E-state index in [0.29, 0.717) is 26.4 Å². The molecule has 14 heavy (non-hydrogen) atoms. The SMILES string of the molecule is COCCOCCNCCS(=O)(=O)O. The van der Waals surface area contributed by atoms with Gasteiger partial charge in [0.15, 0.2) is 0 Å². The van der Waals surface area contributed by atoms with Crippen molar-refractivity contribution in [1.29, 1.82) is 0 Å². The van der Waals surface area contributed by atoms with E-state index in [0.717, 1.165) is 0 Å². The molecule has 0 aliphatic rings. The Balaban J connectivity index is 3.07. The molecule has 0 aromatic heterocycles. The average Bonchev–Trinajstić information content (AvgIpc) is 2.08. The molecule has 7 heteroatoms. The molecule has 0 saturated carbocycles. The van der Waals surface area contributed by atoms with Gasteiger partial charge in [-0.15, -0.1) is 0 Å². The monoisotopic (exact) mass is 227 g/mol. The minimum Gasteiger partial charge on any atom is -0.382 e. The fourth-order valence-electron chi connectivity index (χ4n) is 0.715. The van der Waals surface area contributed by atoms with Crippen molar-refractivity contribution < 1.29 is 22.4 Å². The third-order valence-electron chi connectivity index (χ3n) is 1.39. The molecule has 0 aromatic carbocycles. The lowest BCUT2D eigenvalue weighted by atomic mass is 10.6. The highest BCUT2D eigenvalue weighted by Crippen LogP contribution is 1.79. The summed E-state index contributed by atoms with van der Waals surface area (Å²) in [6.07, 6.45) is 0. The number of hydrogen-bond acceptors (Lipinski definition) is 5. The van der Waals surface area contributed by atoms with Gasteiger partial charge in [0.05, 0.1) is 25.6 Å². The summed E-state index contributed by atoms with van der Waals surface area (Å²) in [7, 11) is -2.26. The van der Waals surface area contributed by atoms with Crippen molar-refractivity contribution in [3.05, 3.63) is 0 Å². The van der Waals surface area contributed by atoms with Gasteiger partial charge in [0.25, 0.3) is 10.1 Å². The Morgan fingerprint density at radius 2 is 1.93 bits per heavy atom. The second kappa shape index (κ2) is 8.13. The summed E-state index contributed by atoms with van der Waals surface area (Å²) in [6, 6.07) is 0. The van der Waals surface area contributed by atoms with Gasteiger partial charge in [-0.2, -0.15) is 8.42 Å². The second-order valence-electron chi connectivity index (χ2n) is 2.64. The fraction of sp³-hybridized carbons (Fsp3) is 1.00. The zero-order valence-electron chi connectivity index (χ0n) is 8.23. The van der Waals surface area contributed by atoms with Crippen molar-refractivity contribution >= 4 is 10.1 Å². The van der Waals surface area contributed by atoms with Crippen LogP contribution in [0.15, 0.2) is 0 Å². The van der Waals surface area contributed by atoms with E-state index in [9.17, 15) is 8.42 Å². The molecule has 0 bridgehead atoms. The Kier molecular flexibility index (Phi) is 8.01. The van der Waals surface area contributed by atoms with Gasteiger partial charge in [-0.25, -0.2) is 0 Å². The largest absolute Gasteiger partial charge is 0.382 e. The summed E-state index contributed by atoms with van der Waals surface area (Å²) in [6.45, 7) is 2.35. The Bertz CT molecular complexity index is 216. The van der Waals surface area contributed by atoms with E-state index in [1.54, 1.807) is 7.11 Å². The molecule has 0 aromatic rings. The van der Waals surface area contributed by atoms with Crippen LogP contribution in [0.25, 0.3) is 0 Å². The first-order valence-electron chi connectivity index (χ1n) is 4.29. The van der Waals surface area contributed by atoms with Crippen molar-refractivity contribution in [1.82, 2.24) is 5.32 Å². The van der Waals surface area contributed by atoms with Crippen LogP contribution in [0.3, 0.4) is 0 Å². The summed E-state index contributed by atoms with van der Waals surface area (Å²) >= 11 is 0. The van der Waals surface area contributed by atoms with Gasteiger partial charge >= 0.3 is 0 Å². The Morgan fingerprint density at radius 3 is 2.50 bits per heavy atom. The van der Waals surface area contributed by atoms with Gasteiger partial charge in [0, 0.05) is 20.2 Å². The van der Waals surface area contributed by atoms with E-state index >= 15 is 0 Å². The lowest BCUT2D eigenvalue weighted by molar-refractivity contribution is 0.0722. The van der Waals surface area contributed by atoms with Crippen LogP contribution < -0.4 is 5.32 Å². The molecule has 0 unspecified atom stereocenters. The normalized spacial score (nSPS) is 11.9. The molecule has 0 spiro atoms. The van der Waals surface area contributed by atoms with E-state index in [4.69, 9.17) is 14.0 Å². The molecule has 0 aliphatic carbocycles. The average molecular weight is 227 g/mol. The Hall–Kier alpha value is -0.210. The van der Waals surface area contributed by atoms with E-state index in [1.165, 1.54) is 0 Å². The fourth-order valence-corrected chi connectivity index (χ4v) is 1.12. The first-order chi connectivity index (χ1) is 6.56. The van der Waals surface area contributed by atoms with Crippen LogP contribution in [0, 0.1) is 0 Å². The molecule has 0 rings (SSSR count). The number of nitrogens with one attached hydrogen (secondary N) is 1. The Morgan fingerprint density at radius 1 is 1.21 bits per heavy atom. The van der Waals surface area contributed by atoms with Crippen LogP contribution in [0.1, 0.15) is 0 Å². The number of methoxy groups -OCH3 is 1. The predicted octanol–water partition coefficient (Wildman–Crippen LogP) is -0.873. The van der Waals surface area contributed by atoms with Crippen molar-refractivity contribution in [3.63, 3.8) is 0 Å². The smallest absolute Gasteiger partial charge is 0.266 e. The van der Waals surface area contributed by atoms with Crippen molar-refractivity contribution in [2.75, 3.05) is 45.8 Å². The van der Waals surface area contributed by atoms with Crippen LogP contribution in [-0.4, -0.2) is 58.7 Å². The molecule has 0 amide bonds. The highest BCUT2D eigenvalue weighted by molar-refractivity contribution is 7.85. The molecule has 86 valence electrons. The number of hydrogen-bond donors (Lipinski definition) is 2. The molecule has 2 N–H and O–H groups in total. The first kappa shape index (κ1) is 13.8. The van der Waals surface area contributed by atoms with Crippen molar-refractivity contribution in [2.24, 2.45) is 0 Å². The first-order valence-corrected chi connectivity index (χ1v) is 5.90. The molecule has 0 aliphatic heterocycles. The quantitative estimate of drug-likeness (QED) is 0.393. The summed E-state index contributed by atoms with van der Waals surface area (Å²) < 4.78 is 38.8. The van der Waals surface area contributed by atoms with E-state index in [1.807, 2.05) is 0 Å². The lowest BCUT2D eigenvalue weighted by Crippen LogP contribution is -2.26. The van der Waals surface area contributed by atoms with Crippen molar-refractivity contribution in [2.45, 2.75) is 0 Å².